The Balaban J connectivity index is 1.42. The number of nitrogens with one attached hydrogen (secondary N) is 1. The average Bonchev–Trinajstić information content (AvgIpc) is 3.67. The molecule has 1 saturated carbocycles. The summed E-state index contributed by atoms with van der Waals surface area (Å²) in [7, 11) is 1.43. The van der Waals surface area contributed by atoms with E-state index in [0.29, 0.717) is 24.3 Å². The standard InChI is InChI=1S/C34H42N4O6/c1-23(2)30-33(42)37(27(25-14-8-5-9-15-25)19-38(30)29(40)21-43-3)20-28(39)35-26(18-24-12-6-4-7-13-24)31(41)32-36-34(22-44-32)16-10-11-17-34/h4-9,12-15,19,23,26,30-31,41H,10-11,16-18,20-22H2,1-3H3,(H,35,39)/t26-,30?,31?/m0/s1. The van der Waals surface area contributed by atoms with Crippen LogP contribution in [0.4, 0.5) is 0 Å². The molecule has 3 atom stereocenters. The second-order valence-corrected chi connectivity index (χ2v) is 12.2. The van der Waals surface area contributed by atoms with Crippen molar-refractivity contribution < 1.29 is 29.0 Å². The number of ether oxygens (including phenoxy) is 2. The zero-order valence-electron chi connectivity index (χ0n) is 25.6. The lowest BCUT2D eigenvalue weighted by atomic mass is 9.96. The van der Waals surface area contributed by atoms with Gasteiger partial charge in [-0.3, -0.25) is 19.3 Å². The molecule has 2 unspecified atom stereocenters. The Hall–Kier alpha value is -4.02. The van der Waals surface area contributed by atoms with Gasteiger partial charge in [-0.15, -0.1) is 0 Å². The number of nitrogens with zero attached hydrogens (tertiary/aromatic N) is 3. The van der Waals surface area contributed by atoms with E-state index >= 15 is 0 Å². The minimum absolute atomic E-state index is 0.179. The van der Waals surface area contributed by atoms with E-state index in [1.54, 1.807) is 6.20 Å². The number of carbonyl (C=O) groups excluding carboxylic acids is 3. The van der Waals surface area contributed by atoms with Crippen LogP contribution >= 0.6 is 0 Å². The third-order valence-corrected chi connectivity index (χ3v) is 8.58. The van der Waals surface area contributed by atoms with E-state index in [4.69, 9.17) is 14.5 Å². The summed E-state index contributed by atoms with van der Waals surface area (Å²) in [6, 6.07) is 17.2. The Morgan fingerprint density at radius 1 is 1.09 bits per heavy atom. The largest absolute Gasteiger partial charge is 0.476 e. The predicted molar refractivity (Wildman–Crippen MR) is 166 cm³/mol. The van der Waals surface area contributed by atoms with E-state index in [-0.39, 0.29) is 42.3 Å². The maximum Gasteiger partial charge on any atom is 0.253 e. The molecule has 0 radical (unpaired) electrons. The summed E-state index contributed by atoms with van der Waals surface area (Å²) >= 11 is 0. The van der Waals surface area contributed by atoms with Crippen molar-refractivity contribution in [1.29, 1.82) is 0 Å². The molecule has 44 heavy (non-hydrogen) atoms. The summed E-state index contributed by atoms with van der Waals surface area (Å²) in [4.78, 5) is 48.5. The summed E-state index contributed by atoms with van der Waals surface area (Å²) in [5.74, 6) is -1.14. The van der Waals surface area contributed by atoms with Crippen molar-refractivity contribution in [1.82, 2.24) is 15.1 Å². The Morgan fingerprint density at radius 3 is 2.39 bits per heavy atom. The number of rotatable bonds is 11. The fourth-order valence-corrected chi connectivity index (χ4v) is 6.34. The van der Waals surface area contributed by atoms with Gasteiger partial charge >= 0.3 is 0 Å². The van der Waals surface area contributed by atoms with Crippen molar-refractivity contribution in [3.05, 3.63) is 78.0 Å². The molecule has 1 fully saturated rings. The van der Waals surface area contributed by atoms with E-state index < -0.39 is 24.1 Å². The number of carbonyl (C=O) groups is 3. The van der Waals surface area contributed by atoms with Gasteiger partial charge in [0.05, 0.1) is 17.3 Å². The summed E-state index contributed by atoms with van der Waals surface area (Å²) in [5.41, 5.74) is 1.75. The highest BCUT2D eigenvalue weighted by Gasteiger charge is 2.44. The second kappa shape index (κ2) is 13.7. The van der Waals surface area contributed by atoms with Crippen molar-refractivity contribution in [2.75, 3.05) is 26.9 Å². The van der Waals surface area contributed by atoms with Gasteiger partial charge in [0.1, 0.15) is 31.9 Å². The highest BCUT2D eigenvalue weighted by atomic mass is 16.5. The van der Waals surface area contributed by atoms with Gasteiger partial charge in [-0.05, 0) is 36.3 Å². The molecule has 1 spiro atoms. The first-order valence-corrected chi connectivity index (χ1v) is 15.3. The maximum atomic E-state index is 14.1. The zero-order valence-corrected chi connectivity index (χ0v) is 25.6. The van der Waals surface area contributed by atoms with Crippen molar-refractivity contribution in [2.24, 2.45) is 10.9 Å². The van der Waals surface area contributed by atoms with Crippen molar-refractivity contribution in [3.8, 4) is 0 Å². The minimum Gasteiger partial charge on any atom is -0.476 e. The lowest BCUT2D eigenvalue weighted by Crippen LogP contribution is -2.58. The fraction of sp³-hybridized carbons (Fsp3) is 0.471. The van der Waals surface area contributed by atoms with Crippen molar-refractivity contribution in [2.45, 2.75) is 69.7 Å². The molecule has 3 aliphatic rings. The van der Waals surface area contributed by atoms with Crippen LogP contribution in [-0.4, -0.2) is 89.1 Å². The number of hydrogen-bond acceptors (Lipinski definition) is 7. The number of hydrogen-bond donors (Lipinski definition) is 2. The van der Waals surface area contributed by atoms with Crippen LogP contribution in [0.3, 0.4) is 0 Å². The lowest BCUT2D eigenvalue weighted by Gasteiger charge is -2.41. The van der Waals surface area contributed by atoms with E-state index in [0.717, 1.165) is 31.2 Å². The molecule has 2 aromatic carbocycles. The molecular weight excluding hydrogens is 560 g/mol. The molecule has 5 rings (SSSR count). The van der Waals surface area contributed by atoms with Gasteiger partial charge in [-0.1, -0.05) is 87.4 Å². The summed E-state index contributed by atoms with van der Waals surface area (Å²) in [6.45, 7) is 3.68. The average molecular weight is 603 g/mol. The van der Waals surface area contributed by atoms with Crippen LogP contribution in [-0.2, 0) is 30.3 Å². The van der Waals surface area contributed by atoms with Crippen molar-refractivity contribution in [3.63, 3.8) is 0 Å². The lowest BCUT2D eigenvalue weighted by molar-refractivity contribution is -0.147. The summed E-state index contributed by atoms with van der Waals surface area (Å²) < 4.78 is 11.0. The molecule has 0 aromatic heterocycles. The third-order valence-electron chi connectivity index (χ3n) is 8.58. The van der Waals surface area contributed by atoms with Crippen LogP contribution in [0.5, 0.6) is 0 Å². The summed E-state index contributed by atoms with van der Waals surface area (Å²) in [6.07, 6.45) is 4.81. The number of aliphatic hydroxyl groups excluding tert-OH is 1. The van der Waals surface area contributed by atoms with Gasteiger partial charge in [0, 0.05) is 13.3 Å². The molecule has 0 saturated heterocycles. The number of benzene rings is 2. The highest BCUT2D eigenvalue weighted by molar-refractivity contribution is 6.00. The van der Waals surface area contributed by atoms with Crippen LogP contribution in [0.2, 0.25) is 0 Å². The normalized spacial score (nSPS) is 20.8. The van der Waals surface area contributed by atoms with Crippen LogP contribution < -0.4 is 5.32 Å². The minimum atomic E-state index is -1.16. The van der Waals surface area contributed by atoms with Crippen LogP contribution in [0.1, 0.15) is 50.7 Å². The molecular formula is C34H42N4O6. The smallest absolute Gasteiger partial charge is 0.253 e. The van der Waals surface area contributed by atoms with E-state index in [2.05, 4.69) is 5.32 Å². The Morgan fingerprint density at radius 2 is 1.75 bits per heavy atom. The Kier molecular flexibility index (Phi) is 9.80. The van der Waals surface area contributed by atoms with Gasteiger partial charge in [0.15, 0.2) is 0 Å². The Labute approximate surface area is 258 Å². The molecule has 2 N–H and O–H groups in total. The zero-order chi connectivity index (χ0) is 31.3. The first-order chi connectivity index (χ1) is 21.2. The topological polar surface area (TPSA) is 121 Å². The molecule has 10 nitrogen and oxygen atoms in total. The SMILES string of the molecule is COCC(=O)N1C=C(c2ccccc2)N(CC(=O)N[C@@H](Cc2ccccc2)C(O)C2=NC3(CCCC3)CO2)C(=O)C1C(C)C. The second-order valence-electron chi connectivity index (χ2n) is 12.2. The molecule has 2 heterocycles. The van der Waals surface area contributed by atoms with E-state index in [9.17, 15) is 19.5 Å². The third kappa shape index (κ3) is 6.87. The monoisotopic (exact) mass is 602 g/mol. The molecule has 2 aliphatic heterocycles. The van der Waals surface area contributed by atoms with Crippen LogP contribution in [0.15, 0.2) is 71.9 Å². The number of methoxy groups -OCH3 is 1. The van der Waals surface area contributed by atoms with Gasteiger partial charge in [0.25, 0.3) is 11.8 Å². The molecule has 2 aromatic rings. The van der Waals surface area contributed by atoms with Gasteiger partial charge in [0.2, 0.25) is 11.8 Å². The quantitative estimate of drug-likeness (QED) is 0.408. The van der Waals surface area contributed by atoms with Crippen LogP contribution in [0, 0.1) is 5.92 Å². The van der Waals surface area contributed by atoms with E-state index in [1.165, 1.54) is 16.9 Å². The molecule has 234 valence electrons. The van der Waals surface area contributed by atoms with Gasteiger partial charge in [-0.2, -0.15) is 0 Å². The van der Waals surface area contributed by atoms with Crippen LogP contribution in [0.25, 0.3) is 5.70 Å². The first kappa shape index (κ1) is 31.4. The number of aliphatic imine (C=N–C) groups is 1. The van der Waals surface area contributed by atoms with Crippen molar-refractivity contribution >= 4 is 29.3 Å². The maximum absolute atomic E-state index is 14.1. The predicted octanol–water partition coefficient (Wildman–Crippen LogP) is 3.16. The molecule has 1 aliphatic carbocycles. The molecule has 3 amide bonds. The number of amides is 3. The highest BCUT2D eigenvalue weighted by Crippen LogP contribution is 2.37. The fourth-order valence-electron chi connectivity index (χ4n) is 6.34. The summed E-state index contributed by atoms with van der Waals surface area (Å²) in [5, 5.41) is 14.5. The van der Waals surface area contributed by atoms with Gasteiger partial charge in [-0.25, -0.2) is 4.99 Å². The molecule has 10 heteroatoms. The number of aliphatic hydroxyl groups is 1. The Bertz CT molecular complexity index is 1390. The van der Waals surface area contributed by atoms with Gasteiger partial charge < -0.3 is 24.8 Å². The molecule has 0 bridgehead atoms. The van der Waals surface area contributed by atoms with E-state index in [1.807, 2.05) is 74.5 Å². The first-order valence-electron chi connectivity index (χ1n) is 15.3.